The Morgan fingerprint density at radius 1 is 1.29 bits per heavy atom. The highest BCUT2D eigenvalue weighted by atomic mass is 35.5. The van der Waals surface area contributed by atoms with Gasteiger partial charge in [-0.2, -0.15) is 5.10 Å². The molecule has 0 saturated carbocycles. The van der Waals surface area contributed by atoms with Crippen LogP contribution >= 0.6 is 11.6 Å². The molecule has 6 heteroatoms. The summed E-state index contributed by atoms with van der Waals surface area (Å²) >= 11 is 5.86. The standard InChI is InChI=1S/C15H13ClN2O3/c16-12-5-3-6-13(8-12)18-17-9-11-4-1-2-7-14(11)21-10-15(19)20/h1-9,18H,10H2,(H,19,20)/p-1/b17-9-. The SMILES string of the molecule is O=C([O-])COc1ccccc1/C=N\Nc1cccc(Cl)c1. The molecule has 108 valence electrons. The van der Waals surface area contributed by atoms with Crippen molar-refractivity contribution in [2.75, 3.05) is 12.0 Å². The molecule has 0 radical (unpaired) electrons. The fraction of sp³-hybridized carbons (Fsp3) is 0.0667. The molecule has 0 aliphatic carbocycles. The molecule has 0 saturated heterocycles. The van der Waals surface area contributed by atoms with Crippen molar-refractivity contribution in [3.8, 4) is 5.75 Å². The number of anilines is 1. The Kier molecular flexibility index (Phi) is 5.17. The van der Waals surface area contributed by atoms with Crippen LogP contribution in [0.4, 0.5) is 5.69 Å². The summed E-state index contributed by atoms with van der Waals surface area (Å²) in [6, 6.07) is 14.1. The Hall–Kier alpha value is -2.53. The number of hydrogen-bond donors (Lipinski definition) is 1. The molecule has 0 spiro atoms. The van der Waals surface area contributed by atoms with Gasteiger partial charge in [0.2, 0.25) is 0 Å². The van der Waals surface area contributed by atoms with Crippen LogP contribution < -0.4 is 15.3 Å². The maximum absolute atomic E-state index is 10.4. The number of carboxylic acids is 1. The molecule has 2 aromatic rings. The van der Waals surface area contributed by atoms with Gasteiger partial charge in [0.15, 0.2) is 0 Å². The number of aliphatic carboxylic acids is 1. The number of ether oxygens (including phenoxy) is 1. The number of carboxylic acid groups (broad SMARTS) is 1. The maximum atomic E-state index is 10.4. The predicted octanol–water partition coefficient (Wildman–Crippen LogP) is 1.91. The Bertz CT molecular complexity index is 659. The molecule has 5 nitrogen and oxygen atoms in total. The Morgan fingerprint density at radius 2 is 2.10 bits per heavy atom. The van der Waals surface area contributed by atoms with Gasteiger partial charge in [0.05, 0.1) is 17.9 Å². The number of benzene rings is 2. The van der Waals surface area contributed by atoms with Crippen LogP contribution in [0.5, 0.6) is 5.75 Å². The van der Waals surface area contributed by atoms with Gasteiger partial charge in [-0.1, -0.05) is 29.8 Å². The summed E-state index contributed by atoms with van der Waals surface area (Å²) in [5.41, 5.74) is 4.22. The van der Waals surface area contributed by atoms with E-state index in [0.29, 0.717) is 16.3 Å². The van der Waals surface area contributed by atoms with Crippen molar-refractivity contribution < 1.29 is 14.6 Å². The molecule has 0 aliphatic rings. The lowest BCUT2D eigenvalue weighted by Gasteiger charge is -2.09. The van der Waals surface area contributed by atoms with Gasteiger partial charge < -0.3 is 14.6 Å². The molecule has 0 heterocycles. The van der Waals surface area contributed by atoms with Gasteiger partial charge in [-0.15, -0.1) is 0 Å². The van der Waals surface area contributed by atoms with E-state index in [9.17, 15) is 9.90 Å². The zero-order valence-electron chi connectivity index (χ0n) is 11.0. The predicted molar refractivity (Wildman–Crippen MR) is 79.6 cm³/mol. The molecule has 2 aromatic carbocycles. The van der Waals surface area contributed by atoms with E-state index in [2.05, 4.69) is 10.5 Å². The number of carbonyl (C=O) groups is 1. The van der Waals surface area contributed by atoms with Crippen molar-refractivity contribution in [3.63, 3.8) is 0 Å². The smallest absolute Gasteiger partial charge is 0.128 e. The zero-order valence-corrected chi connectivity index (χ0v) is 11.7. The summed E-state index contributed by atoms with van der Waals surface area (Å²) in [7, 11) is 0. The highest BCUT2D eigenvalue weighted by molar-refractivity contribution is 6.30. The van der Waals surface area contributed by atoms with E-state index in [4.69, 9.17) is 16.3 Å². The zero-order chi connectivity index (χ0) is 15.1. The second-order valence-electron chi connectivity index (χ2n) is 4.08. The average Bonchev–Trinajstić information content (AvgIpc) is 2.46. The third-order valence-corrected chi connectivity index (χ3v) is 2.72. The number of halogens is 1. The molecule has 0 unspecified atom stereocenters. The summed E-state index contributed by atoms with van der Waals surface area (Å²) in [5, 5.41) is 15.1. The van der Waals surface area contributed by atoms with Gasteiger partial charge in [-0.25, -0.2) is 0 Å². The number of nitrogens with one attached hydrogen (secondary N) is 1. The topological polar surface area (TPSA) is 73.8 Å². The number of hydrogen-bond acceptors (Lipinski definition) is 5. The van der Waals surface area contributed by atoms with Crippen molar-refractivity contribution in [1.82, 2.24) is 0 Å². The van der Waals surface area contributed by atoms with Gasteiger partial charge in [-0.05, 0) is 30.3 Å². The molecular weight excluding hydrogens is 292 g/mol. The number of para-hydroxylation sites is 1. The number of nitrogens with zero attached hydrogens (tertiary/aromatic N) is 1. The highest BCUT2D eigenvalue weighted by Crippen LogP contribution is 2.17. The van der Waals surface area contributed by atoms with Gasteiger partial charge in [0.1, 0.15) is 12.4 Å². The van der Waals surface area contributed by atoms with E-state index >= 15 is 0 Å². The minimum absolute atomic E-state index is 0.415. The molecule has 0 fully saturated rings. The molecule has 21 heavy (non-hydrogen) atoms. The van der Waals surface area contributed by atoms with Crippen molar-refractivity contribution >= 4 is 29.5 Å². The van der Waals surface area contributed by atoms with Crippen LogP contribution in [0.3, 0.4) is 0 Å². The lowest BCUT2D eigenvalue weighted by molar-refractivity contribution is -0.307. The third kappa shape index (κ3) is 4.81. The molecule has 0 aliphatic heterocycles. The fourth-order valence-corrected chi connectivity index (χ4v) is 1.78. The first-order chi connectivity index (χ1) is 10.1. The first-order valence-corrected chi connectivity index (χ1v) is 6.49. The van der Waals surface area contributed by atoms with Gasteiger partial charge in [0.25, 0.3) is 0 Å². The van der Waals surface area contributed by atoms with E-state index in [0.717, 1.165) is 5.69 Å². The van der Waals surface area contributed by atoms with E-state index < -0.39 is 12.6 Å². The van der Waals surface area contributed by atoms with E-state index in [1.54, 1.807) is 42.5 Å². The second kappa shape index (κ2) is 7.31. The minimum Gasteiger partial charge on any atom is -0.546 e. The normalized spacial score (nSPS) is 10.5. The van der Waals surface area contributed by atoms with Gasteiger partial charge in [0, 0.05) is 10.6 Å². The molecular formula is C15H12ClN2O3-. The Balaban J connectivity index is 2.05. The van der Waals surface area contributed by atoms with Crippen LogP contribution in [0, 0.1) is 0 Å². The van der Waals surface area contributed by atoms with Crippen molar-refractivity contribution in [1.29, 1.82) is 0 Å². The van der Waals surface area contributed by atoms with Crippen LogP contribution in [0.2, 0.25) is 5.02 Å². The summed E-state index contributed by atoms with van der Waals surface area (Å²) in [4.78, 5) is 10.4. The lowest BCUT2D eigenvalue weighted by Crippen LogP contribution is -2.29. The van der Waals surface area contributed by atoms with E-state index in [1.165, 1.54) is 6.21 Å². The van der Waals surface area contributed by atoms with Gasteiger partial charge >= 0.3 is 0 Å². The first kappa shape index (κ1) is 14.9. The van der Waals surface area contributed by atoms with Crippen molar-refractivity contribution in [2.45, 2.75) is 0 Å². The van der Waals surface area contributed by atoms with Crippen LogP contribution in [0.25, 0.3) is 0 Å². The summed E-state index contributed by atoms with van der Waals surface area (Å²) in [6.07, 6.45) is 1.53. The summed E-state index contributed by atoms with van der Waals surface area (Å²) < 4.78 is 5.12. The molecule has 0 atom stereocenters. The van der Waals surface area contributed by atoms with E-state index in [1.807, 2.05) is 6.07 Å². The summed E-state index contributed by atoms with van der Waals surface area (Å²) in [6.45, 7) is -0.507. The highest BCUT2D eigenvalue weighted by Gasteiger charge is 2.00. The van der Waals surface area contributed by atoms with Crippen LogP contribution in [-0.4, -0.2) is 18.8 Å². The minimum atomic E-state index is -1.28. The molecule has 0 amide bonds. The first-order valence-electron chi connectivity index (χ1n) is 6.11. The maximum Gasteiger partial charge on any atom is 0.128 e. The second-order valence-corrected chi connectivity index (χ2v) is 4.52. The quantitative estimate of drug-likeness (QED) is 0.653. The lowest BCUT2D eigenvalue weighted by atomic mass is 10.2. The summed E-state index contributed by atoms with van der Waals surface area (Å²) in [5.74, 6) is -0.864. The van der Waals surface area contributed by atoms with E-state index in [-0.39, 0.29) is 0 Å². The fourth-order valence-electron chi connectivity index (χ4n) is 1.59. The van der Waals surface area contributed by atoms with Gasteiger partial charge in [-0.3, -0.25) is 5.43 Å². The monoisotopic (exact) mass is 303 g/mol. The Morgan fingerprint density at radius 3 is 2.86 bits per heavy atom. The molecule has 0 bridgehead atoms. The van der Waals surface area contributed by atoms with Crippen LogP contribution in [0.15, 0.2) is 53.6 Å². The molecule has 0 aromatic heterocycles. The number of rotatable bonds is 6. The van der Waals surface area contributed by atoms with Crippen molar-refractivity contribution in [3.05, 3.63) is 59.1 Å². The molecule has 2 rings (SSSR count). The van der Waals surface area contributed by atoms with Crippen LogP contribution in [-0.2, 0) is 4.79 Å². The number of carbonyl (C=O) groups excluding carboxylic acids is 1. The molecule has 1 N–H and O–H groups in total. The third-order valence-electron chi connectivity index (χ3n) is 2.49. The largest absolute Gasteiger partial charge is 0.546 e. The average molecular weight is 304 g/mol. The number of hydrazone groups is 1. The van der Waals surface area contributed by atoms with Crippen LogP contribution in [0.1, 0.15) is 5.56 Å². The van der Waals surface area contributed by atoms with Crippen molar-refractivity contribution in [2.24, 2.45) is 5.10 Å². The Labute approximate surface area is 126 Å².